The summed E-state index contributed by atoms with van der Waals surface area (Å²) in [6.07, 6.45) is -0.0204. The van der Waals surface area contributed by atoms with E-state index in [0.717, 1.165) is 6.07 Å². The van der Waals surface area contributed by atoms with Crippen LogP contribution in [0.3, 0.4) is 0 Å². The molecular weight excluding hydrogens is 263 g/mol. The Labute approximate surface area is 116 Å². The van der Waals surface area contributed by atoms with Crippen molar-refractivity contribution >= 4 is 11.8 Å². The van der Waals surface area contributed by atoms with Crippen molar-refractivity contribution in [3.05, 3.63) is 35.1 Å². The predicted molar refractivity (Wildman–Crippen MR) is 71.1 cm³/mol. The van der Waals surface area contributed by atoms with E-state index >= 15 is 0 Å². The number of amides is 2. The standard InChI is InChI=1S/C14H15FN2O3/c1-9(7-13(16)19)17-14(20)11-5-4-10(3-2-6-18)8-12(11)15/h4-5,8-9,18H,6-7H2,1H3,(H2,16,19)(H,17,20). The van der Waals surface area contributed by atoms with Gasteiger partial charge in [-0.05, 0) is 25.1 Å². The van der Waals surface area contributed by atoms with Crippen LogP contribution in [0.2, 0.25) is 0 Å². The topological polar surface area (TPSA) is 92.4 Å². The van der Waals surface area contributed by atoms with Gasteiger partial charge in [0, 0.05) is 18.0 Å². The van der Waals surface area contributed by atoms with E-state index < -0.39 is 23.7 Å². The maximum Gasteiger partial charge on any atom is 0.254 e. The molecule has 0 bridgehead atoms. The van der Waals surface area contributed by atoms with Gasteiger partial charge in [-0.15, -0.1) is 0 Å². The second-order valence-electron chi connectivity index (χ2n) is 4.20. The molecule has 0 aliphatic carbocycles. The zero-order valence-electron chi connectivity index (χ0n) is 10.9. The summed E-state index contributed by atoms with van der Waals surface area (Å²) >= 11 is 0. The number of halogens is 1. The number of rotatable bonds is 4. The second kappa shape index (κ2) is 7.26. The number of aliphatic hydroxyl groups is 1. The smallest absolute Gasteiger partial charge is 0.254 e. The molecule has 0 fully saturated rings. The molecule has 2 amide bonds. The number of primary amides is 1. The van der Waals surface area contributed by atoms with Crippen LogP contribution < -0.4 is 11.1 Å². The number of benzene rings is 1. The predicted octanol–water partition coefficient (Wildman–Crippen LogP) is 0.163. The van der Waals surface area contributed by atoms with Crippen LogP contribution in [0.1, 0.15) is 29.3 Å². The summed E-state index contributed by atoms with van der Waals surface area (Å²) in [5.41, 5.74) is 5.22. The van der Waals surface area contributed by atoms with Crippen molar-refractivity contribution in [3.63, 3.8) is 0 Å². The summed E-state index contributed by atoms with van der Waals surface area (Å²) < 4.78 is 13.8. The minimum absolute atomic E-state index is 0.0204. The Morgan fingerprint density at radius 2 is 2.20 bits per heavy atom. The fraction of sp³-hybridized carbons (Fsp3) is 0.286. The van der Waals surface area contributed by atoms with Crippen LogP contribution in [-0.2, 0) is 4.79 Å². The molecule has 4 N–H and O–H groups in total. The van der Waals surface area contributed by atoms with E-state index in [1.165, 1.54) is 12.1 Å². The quantitative estimate of drug-likeness (QED) is 0.685. The second-order valence-corrected chi connectivity index (χ2v) is 4.20. The van der Waals surface area contributed by atoms with Gasteiger partial charge in [-0.3, -0.25) is 9.59 Å². The van der Waals surface area contributed by atoms with E-state index in [0.29, 0.717) is 5.56 Å². The van der Waals surface area contributed by atoms with Gasteiger partial charge in [0.1, 0.15) is 12.4 Å². The molecule has 106 valence electrons. The molecule has 1 unspecified atom stereocenters. The van der Waals surface area contributed by atoms with E-state index in [1.807, 2.05) is 0 Å². The van der Waals surface area contributed by atoms with Crippen molar-refractivity contribution in [3.8, 4) is 11.8 Å². The number of nitrogens with one attached hydrogen (secondary N) is 1. The lowest BCUT2D eigenvalue weighted by molar-refractivity contribution is -0.118. The zero-order valence-corrected chi connectivity index (χ0v) is 10.9. The van der Waals surface area contributed by atoms with Crippen LogP contribution >= 0.6 is 0 Å². The molecule has 1 aromatic rings. The molecule has 1 aromatic carbocycles. The van der Waals surface area contributed by atoms with Gasteiger partial charge in [-0.1, -0.05) is 11.8 Å². The molecule has 0 heterocycles. The molecule has 1 rings (SSSR count). The third-order valence-electron chi connectivity index (χ3n) is 2.41. The Morgan fingerprint density at radius 1 is 1.50 bits per heavy atom. The highest BCUT2D eigenvalue weighted by Crippen LogP contribution is 2.10. The number of nitrogens with two attached hydrogens (primary N) is 1. The first-order valence-electron chi connectivity index (χ1n) is 5.92. The number of carbonyl (C=O) groups is 2. The third kappa shape index (κ3) is 4.71. The first-order chi connectivity index (χ1) is 9.43. The van der Waals surface area contributed by atoms with Gasteiger partial charge in [-0.2, -0.15) is 0 Å². The van der Waals surface area contributed by atoms with E-state index in [-0.39, 0.29) is 18.6 Å². The summed E-state index contributed by atoms with van der Waals surface area (Å²) in [6.45, 7) is 1.27. The summed E-state index contributed by atoms with van der Waals surface area (Å²) in [6, 6.07) is 3.40. The largest absolute Gasteiger partial charge is 0.384 e. The van der Waals surface area contributed by atoms with Gasteiger partial charge >= 0.3 is 0 Å². The molecule has 0 radical (unpaired) electrons. The average molecular weight is 278 g/mol. The molecule has 5 nitrogen and oxygen atoms in total. The monoisotopic (exact) mass is 278 g/mol. The Morgan fingerprint density at radius 3 is 2.75 bits per heavy atom. The van der Waals surface area contributed by atoms with E-state index in [9.17, 15) is 14.0 Å². The third-order valence-corrected chi connectivity index (χ3v) is 2.41. The minimum Gasteiger partial charge on any atom is -0.384 e. The highest BCUT2D eigenvalue weighted by molar-refractivity contribution is 5.95. The molecular formula is C14H15FN2O3. The van der Waals surface area contributed by atoms with Crippen LogP contribution in [0.5, 0.6) is 0 Å². The van der Waals surface area contributed by atoms with Gasteiger partial charge < -0.3 is 16.2 Å². The number of aliphatic hydroxyl groups excluding tert-OH is 1. The van der Waals surface area contributed by atoms with Crippen molar-refractivity contribution in [1.82, 2.24) is 5.32 Å². The molecule has 0 aromatic heterocycles. The first-order valence-corrected chi connectivity index (χ1v) is 5.92. The van der Waals surface area contributed by atoms with Crippen LogP contribution in [0.15, 0.2) is 18.2 Å². The van der Waals surface area contributed by atoms with Crippen LogP contribution in [-0.4, -0.2) is 29.6 Å². The molecule has 1 atom stereocenters. The first kappa shape index (κ1) is 15.7. The Kier molecular flexibility index (Phi) is 5.69. The normalized spacial score (nSPS) is 11.2. The Bertz CT molecular complexity index is 576. The van der Waals surface area contributed by atoms with Crippen LogP contribution in [0.25, 0.3) is 0 Å². The van der Waals surface area contributed by atoms with Crippen LogP contribution in [0, 0.1) is 17.7 Å². The summed E-state index contributed by atoms with van der Waals surface area (Å²) in [7, 11) is 0. The van der Waals surface area contributed by atoms with Gasteiger partial charge in [0.15, 0.2) is 0 Å². The highest BCUT2D eigenvalue weighted by atomic mass is 19.1. The van der Waals surface area contributed by atoms with Crippen molar-refractivity contribution < 1.29 is 19.1 Å². The molecule has 6 heteroatoms. The Hall–Kier alpha value is -2.39. The lowest BCUT2D eigenvalue weighted by Gasteiger charge is -2.12. The molecule has 0 spiro atoms. The SMILES string of the molecule is CC(CC(N)=O)NC(=O)c1ccc(C#CCO)cc1F. The summed E-state index contributed by atoms with van der Waals surface area (Å²) in [4.78, 5) is 22.5. The molecule has 20 heavy (non-hydrogen) atoms. The van der Waals surface area contributed by atoms with Crippen molar-refractivity contribution in [1.29, 1.82) is 0 Å². The maximum atomic E-state index is 13.8. The average Bonchev–Trinajstić information content (AvgIpc) is 2.35. The maximum absolute atomic E-state index is 13.8. The zero-order chi connectivity index (χ0) is 15.1. The Balaban J connectivity index is 2.81. The lowest BCUT2D eigenvalue weighted by atomic mass is 10.1. The van der Waals surface area contributed by atoms with Gasteiger partial charge in [0.25, 0.3) is 5.91 Å². The summed E-state index contributed by atoms with van der Waals surface area (Å²) in [5.74, 6) is 3.02. The fourth-order valence-electron chi connectivity index (χ4n) is 1.57. The number of hydrogen-bond acceptors (Lipinski definition) is 3. The highest BCUT2D eigenvalue weighted by Gasteiger charge is 2.15. The molecule has 0 aliphatic heterocycles. The number of hydrogen-bond donors (Lipinski definition) is 3. The van der Waals surface area contributed by atoms with E-state index in [4.69, 9.17) is 10.8 Å². The van der Waals surface area contributed by atoms with E-state index in [2.05, 4.69) is 17.2 Å². The molecule has 0 saturated carbocycles. The van der Waals surface area contributed by atoms with Crippen molar-refractivity contribution in [2.45, 2.75) is 19.4 Å². The fourth-order valence-corrected chi connectivity index (χ4v) is 1.57. The minimum atomic E-state index is -0.724. The van der Waals surface area contributed by atoms with Gasteiger partial charge in [0.2, 0.25) is 5.91 Å². The van der Waals surface area contributed by atoms with E-state index in [1.54, 1.807) is 6.92 Å². The molecule has 0 saturated heterocycles. The lowest BCUT2D eigenvalue weighted by Crippen LogP contribution is -2.36. The molecule has 0 aliphatic rings. The van der Waals surface area contributed by atoms with Crippen LogP contribution in [0.4, 0.5) is 4.39 Å². The van der Waals surface area contributed by atoms with Gasteiger partial charge in [0.05, 0.1) is 5.56 Å². The summed E-state index contributed by atoms with van der Waals surface area (Å²) in [5, 5.41) is 11.0. The number of carbonyl (C=O) groups excluding carboxylic acids is 2. The van der Waals surface area contributed by atoms with Crippen molar-refractivity contribution in [2.75, 3.05) is 6.61 Å². The van der Waals surface area contributed by atoms with Crippen molar-refractivity contribution in [2.24, 2.45) is 5.73 Å². The van der Waals surface area contributed by atoms with Gasteiger partial charge in [-0.25, -0.2) is 4.39 Å².